The fraction of sp³-hybridized carbons (Fsp3) is 0.405. The van der Waals surface area contributed by atoms with Gasteiger partial charge in [0.2, 0.25) is 11.8 Å². The van der Waals surface area contributed by atoms with Crippen LogP contribution in [0.4, 0.5) is 4.79 Å². The Morgan fingerprint density at radius 2 is 1.43 bits per heavy atom. The van der Waals surface area contributed by atoms with Gasteiger partial charge in [-0.15, -0.1) is 0 Å². The van der Waals surface area contributed by atoms with E-state index >= 15 is 0 Å². The summed E-state index contributed by atoms with van der Waals surface area (Å²) in [5.74, 6) is -1.09. The Balaban J connectivity index is 0.000000297. The molecule has 3 amide bonds. The minimum atomic E-state index is -0.701. The highest BCUT2D eigenvalue weighted by molar-refractivity contribution is 6.62. The maximum absolute atomic E-state index is 12.6. The van der Waals surface area contributed by atoms with Gasteiger partial charge in [-0.3, -0.25) is 19.3 Å². The van der Waals surface area contributed by atoms with E-state index in [4.69, 9.17) is 59.3 Å². The number of esters is 1. The highest BCUT2D eigenvalue weighted by atomic mass is 35.5. The first-order chi connectivity index (χ1) is 25.1. The number of carbonyl (C=O) groups excluding carboxylic acids is 4. The van der Waals surface area contributed by atoms with Crippen molar-refractivity contribution in [2.24, 2.45) is 5.73 Å². The number of rotatable bonds is 11. The number of primary amides is 1. The molecular formula is C37H45BCl3N5O8. The maximum Gasteiger partial charge on any atom is 0.494 e. The average Bonchev–Trinajstić information content (AvgIpc) is 3.29. The number of carbonyl (C=O) groups is 4. The van der Waals surface area contributed by atoms with Crippen LogP contribution in [0.3, 0.4) is 0 Å². The van der Waals surface area contributed by atoms with Crippen molar-refractivity contribution in [3.05, 3.63) is 87.6 Å². The molecule has 1 aliphatic heterocycles. The molecule has 0 atom stereocenters. The zero-order valence-electron chi connectivity index (χ0n) is 31.5. The van der Waals surface area contributed by atoms with E-state index in [2.05, 4.69) is 9.97 Å². The molecule has 2 N–H and O–H groups in total. The molecule has 0 saturated carbocycles. The van der Waals surface area contributed by atoms with Gasteiger partial charge in [0.05, 0.1) is 24.9 Å². The maximum atomic E-state index is 12.6. The Morgan fingerprint density at radius 1 is 0.870 bits per heavy atom. The van der Waals surface area contributed by atoms with Crippen LogP contribution < -0.4 is 11.2 Å². The van der Waals surface area contributed by atoms with Crippen LogP contribution in [-0.4, -0.2) is 87.8 Å². The molecule has 1 aliphatic rings. The van der Waals surface area contributed by atoms with Gasteiger partial charge >= 0.3 is 19.2 Å². The van der Waals surface area contributed by atoms with Crippen molar-refractivity contribution in [2.75, 3.05) is 20.2 Å². The zero-order chi connectivity index (χ0) is 40.4. The van der Waals surface area contributed by atoms with Crippen LogP contribution >= 0.6 is 34.8 Å². The molecule has 0 unspecified atom stereocenters. The van der Waals surface area contributed by atoms with E-state index in [1.807, 2.05) is 33.8 Å². The summed E-state index contributed by atoms with van der Waals surface area (Å²) >= 11 is 17.9. The Labute approximate surface area is 331 Å². The van der Waals surface area contributed by atoms with Gasteiger partial charge in [0.15, 0.2) is 5.82 Å². The van der Waals surface area contributed by atoms with E-state index in [1.165, 1.54) is 16.9 Å². The van der Waals surface area contributed by atoms with E-state index in [0.29, 0.717) is 32.6 Å². The third-order valence-corrected chi connectivity index (χ3v) is 8.66. The van der Waals surface area contributed by atoms with Crippen LogP contribution in [0.15, 0.2) is 66.5 Å². The smallest absolute Gasteiger partial charge is 0.468 e. The highest BCUT2D eigenvalue weighted by Crippen LogP contribution is 2.36. The van der Waals surface area contributed by atoms with Crippen molar-refractivity contribution in [1.82, 2.24) is 19.8 Å². The van der Waals surface area contributed by atoms with Crippen molar-refractivity contribution >= 4 is 71.3 Å². The van der Waals surface area contributed by atoms with Gasteiger partial charge in [-0.2, -0.15) is 0 Å². The third kappa shape index (κ3) is 13.3. The second-order valence-corrected chi connectivity index (χ2v) is 15.4. The molecule has 3 aromatic rings. The number of amides is 3. The molecule has 0 radical (unpaired) electrons. The van der Waals surface area contributed by atoms with Gasteiger partial charge in [0, 0.05) is 52.7 Å². The van der Waals surface area contributed by atoms with Crippen LogP contribution in [-0.2, 0) is 46.3 Å². The number of ether oxygens (including phenoxy) is 2. The molecule has 1 fully saturated rings. The first kappa shape index (κ1) is 44.2. The van der Waals surface area contributed by atoms with Crippen LogP contribution in [0.5, 0.6) is 0 Å². The van der Waals surface area contributed by atoms with Crippen LogP contribution in [0.25, 0.3) is 11.4 Å². The van der Waals surface area contributed by atoms with E-state index in [1.54, 1.807) is 69.6 Å². The summed E-state index contributed by atoms with van der Waals surface area (Å²) in [4.78, 5) is 58.5. The minimum Gasteiger partial charge on any atom is -0.468 e. The summed E-state index contributed by atoms with van der Waals surface area (Å²) in [5, 5.41) is 0.939. The summed E-state index contributed by atoms with van der Waals surface area (Å²) in [6.45, 7) is 12.9. The largest absolute Gasteiger partial charge is 0.494 e. The van der Waals surface area contributed by atoms with Gasteiger partial charge < -0.3 is 29.4 Å². The minimum absolute atomic E-state index is 0.108. The molecule has 0 bridgehead atoms. The number of nitrogens with two attached hydrogens (primary N) is 1. The van der Waals surface area contributed by atoms with Crippen molar-refractivity contribution < 1.29 is 38.0 Å². The van der Waals surface area contributed by atoms with Gasteiger partial charge in [0.25, 0.3) is 0 Å². The fourth-order valence-corrected chi connectivity index (χ4v) is 5.56. The lowest BCUT2D eigenvalue weighted by Crippen LogP contribution is -2.41. The van der Waals surface area contributed by atoms with E-state index < -0.39 is 47.8 Å². The number of nitrogens with zero attached hydrogens (tertiary/aromatic N) is 4. The molecule has 290 valence electrons. The van der Waals surface area contributed by atoms with E-state index in [-0.39, 0.29) is 26.2 Å². The lowest BCUT2D eigenvalue weighted by atomic mass is 9.78. The van der Waals surface area contributed by atoms with Gasteiger partial charge in [-0.1, -0.05) is 40.9 Å². The molecule has 0 spiro atoms. The Morgan fingerprint density at radius 3 is 1.96 bits per heavy atom. The molecule has 1 aromatic heterocycles. The van der Waals surface area contributed by atoms with Crippen molar-refractivity contribution in [3.63, 3.8) is 0 Å². The van der Waals surface area contributed by atoms with E-state index in [9.17, 15) is 19.2 Å². The number of halogens is 3. The predicted octanol–water partition coefficient (Wildman–Crippen LogP) is 5.91. The first-order valence-electron chi connectivity index (χ1n) is 16.7. The van der Waals surface area contributed by atoms with Gasteiger partial charge in [-0.05, 0) is 101 Å². The van der Waals surface area contributed by atoms with E-state index in [0.717, 1.165) is 17.1 Å². The monoisotopic (exact) mass is 803 g/mol. The molecule has 0 aliphatic carbocycles. The van der Waals surface area contributed by atoms with Crippen LogP contribution in [0.2, 0.25) is 10.0 Å². The predicted molar refractivity (Wildman–Crippen MR) is 208 cm³/mol. The number of hydrogen-bond acceptors (Lipinski definition) is 10. The molecule has 2 heterocycles. The van der Waals surface area contributed by atoms with Crippen LogP contribution in [0, 0.1) is 0 Å². The molecule has 2 aromatic carbocycles. The van der Waals surface area contributed by atoms with Gasteiger partial charge in [-0.25, -0.2) is 14.8 Å². The van der Waals surface area contributed by atoms with Crippen molar-refractivity contribution in [1.29, 1.82) is 0 Å². The number of aromatic nitrogens is 2. The molecule has 54 heavy (non-hydrogen) atoms. The summed E-state index contributed by atoms with van der Waals surface area (Å²) in [6, 6.07) is 12.3. The molecule has 4 rings (SSSR count). The zero-order valence-corrected chi connectivity index (χ0v) is 33.8. The summed E-state index contributed by atoms with van der Waals surface area (Å²) in [6.07, 6.45) is 3.77. The number of benzene rings is 2. The molecular weight excluding hydrogens is 760 g/mol. The Bertz CT molecular complexity index is 1820. The third-order valence-electron chi connectivity index (χ3n) is 8.10. The topological polar surface area (TPSA) is 163 Å². The molecule has 17 heteroatoms. The standard InChI is InChI=1S/C21H31BClNO6.C16H14Cl2N4O2/c1-19(2,3)28-18(26)24(13-17(25)27-8)12-14-9-15(11-16(23)10-14)22-29-20(4,5)21(6,7)30-22;17-3-2-15(24)22(10-14(19)23)9-11-6-12(8-13(18)7-11)16-20-4-1-5-21-16/h9-11H,12-13H2,1-8H3;1-8H,9-10H2,(H2,19,23)/b;3-2-. The Kier molecular flexibility index (Phi) is 15.5. The second-order valence-electron chi connectivity index (χ2n) is 14.3. The fourth-order valence-electron chi connectivity index (χ4n) is 4.93. The van der Waals surface area contributed by atoms with Gasteiger partial charge in [0.1, 0.15) is 12.1 Å². The van der Waals surface area contributed by atoms with Crippen LogP contribution in [0.1, 0.15) is 59.6 Å². The quantitative estimate of drug-likeness (QED) is 0.140. The summed E-state index contributed by atoms with van der Waals surface area (Å²) in [7, 11) is 0.675. The highest BCUT2D eigenvalue weighted by Gasteiger charge is 2.51. The second kappa shape index (κ2) is 18.9. The summed E-state index contributed by atoms with van der Waals surface area (Å²) in [5.41, 5.74) is 7.45. The lowest BCUT2D eigenvalue weighted by Gasteiger charge is -2.32. The number of methoxy groups -OCH3 is 1. The number of hydrogen-bond donors (Lipinski definition) is 1. The lowest BCUT2D eigenvalue weighted by molar-refractivity contribution is -0.142. The average molecular weight is 805 g/mol. The molecule has 13 nitrogen and oxygen atoms in total. The SMILES string of the molecule is COC(=O)CN(Cc1cc(Cl)cc(B2OC(C)(C)C(C)(C)O2)c1)C(=O)OC(C)(C)C.NC(=O)CN(Cc1cc(Cl)cc(-c2ncccn2)c1)C(=O)/C=C\Cl. The normalized spacial score (nSPS) is 14.5. The Hall–Kier alpha value is -4.21. The van der Waals surface area contributed by atoms with Crippen molar-refractivity contribution in [3.8, 4) is 11.4 Å². The summed E-state index contributed by atoms with van der Waals surface area (Å²) < 4.78 is 22.3. The molecule has 1 saturated heterocycles. The van der Waals surface area contributed by atoms with Crippen molar-refractivity contribution in [2.45, 2.75) is 78.4 Å². The first-order valence-corrected chi connectivity index (χ1v) is 17.9.